The molecular formula is C16H28N4. The van der Waals surface area contributed by atoms with E-state index in [1.165, 1.54) is 5.56 Å². The van der Waals surface area contributed by atoms with E-state index in [9.17, 15) is 0 Å². The van der Waals surface area contributed by atoms with Crippen molar-refractivity contribution in [2.45, 2.75) is 47.0 Å². The van der Waals surface area contributed by atoms with Crippen LogP contribution in [0.4, 0.5) is 11.6 Å². The molecule has 2 unspecified atom stereocenters. The summed E-state index contributed by atoms with van der Waals surface area (Å²) < 4.78 is 0. The van der Waals surface area contributed by atoms with Gasteiger partial charge in [0.15, 0.2) is 0 Å². The fourth-order valence-electron chi connectivity index (χ4n) is 2.86. The molecule has 2 rings (SSSR count). The summed E-state index contributed by atoms with van der Waals surface area (Å²) in [4.78, 5) is 11.5. The summed E-state index contributed by atoms with van der Waals surface area (Å²) in [5.41, 5.74) is 1.27. The molecule has 20 heavy (non-hydrogen) atoms. The van der Waals surface area contributed by atoms with Crippen molar-refractivity contribution in [3.05, 3.63) is 11.9 Å². The molecule has 1 aromatic heterocycles. The van der Waals surface area contributed by atoms with Crippen LogP contribution in [-0.4, -0.2) is 29.6 Å². The SMILES string of the molecule is CCCNc1ncnc(N2CC(C)C(C)C2)c1C(C)C. The van der Waals surface area contributed by atoms with Gasteiger partial charge >= 0.3 is 0 Å². The smallest absolute Gasteiger partial charge is 0.137 e. The van der Waals surface area contributed by atoms with Gasteiger partial charge in [-0.25, -0.2) is 9.97 Å². The topological polar surface area (TPSA) is 41.1 Å². The Morgan fingerprint density at radius 2 is 1.90 bits per heavy atom. The van der Waals surface area contributed by atoms with Gasteiger partial charge in [0.25, 0.3) is 0 Å². The Labute approximate surface area is 123 Å². The van der Waals surface area contributed by atoms with E-state index in [0.29, 0.717) is 5.92 Å². The molecule has 0 saturated carbocycles. The maximum Gasteiger partial charge on any atom is 0.137 e. The van der Waals surface area contributed by atoms with Gasteiger partial charge in [-0.3, -0.25) is 0 Å². The maximum absolute atomic E-state index is 4.59. The minimum Gasteiger partial charge on any atom is -0.370 e. The van der Waals surface area contributed by atoms with E-state index in [-0.39, 0.29) is 0 Å². The van der Waals surface area contributed by atoms with Crippen LogP contribution < -0.4 is 10.2 Å². The molecule has 2 atom stereocenters. The fourth-order valence-corrected chi connectivity index (χ4v) is 2.86. The van der Waals surface area contributed by atoms with Crippen LogP contribution in [0.3, 0.4) is 0 Å². The lowest BCUT2D eigenvalue weighted by Gasteiger charge is -2.24. The van der Waals surface area contributed by atoms with Crippen LogP contribution in [-0.2, 0) is 0 Å². The van der Waals surface area contributed by atoms with Gasteiger partial charge in [0.05, 0.1) is 0 Å². The van der Waals surface area contributed by atoms with Crippen LogP contribution in [0, 0.1) is 11.8 Å². The highest BCUT2D eigenvalue weighted by molar-refractivity contribution is 5.60. The molecule has 1 saturated heterocycles. The predicted molar refractivity (Wildman–Crippen MR) is 85.4 cm³/mol. The Hall–Kier alpha value is -1.32. The minimum atomic E-state index is 0.428. The van der Waals surface area contributed by atoms with Crippen molar-refractivity contribution < 1.29 is 0 Å². The molecule has 1 N–H and O–H groups in total. The van der Waals surface area contributed by atoms with Gasteiger partial charge in [-0.1, -0.05) is 34.6 Å². The molecule has 0 amide bonds. The lowest BCUT2D eigenvalue weighted by molar-refractivity contribution is 0.494. The largest absolute Gasteiger partial charge is 0.370 e. The highest BCUT2D eigenvalue weighted by Crippen LogP contribution is 2.34. The number of rotatable bonds is 5. The quantitative estimate of drug-likeness (QED) is 0.893. The number of nitrogens with one attached hydrogen (secondary N) is 1. The number of nitrogens with zero attached hydrogens (tertiary/aromatic N) is 3. The molecule has 0 spiro atoms. The van der Waals surface area contributed by atoms with Crippen molar-refractivity contribution in [3.63, 3.8) is 0 Å². The lowest BCUT2D eigenvalue weighted by atomic mass is 10.0. The van der Waals surface area contributed by atoms with Crippen LogP contribution in [0.1, 0.15) is 52.5 Å². The van der Waals surface area contributed by atoms with E-state index in [0.717, 1.165) is 49.5 Å². The number of hydrogen-bond acceptors (Lipinski definition) is 4. The second-order valence-electron chi connectivity index (χ2n) is 6.40. The molecular weight excluding hydrogens is 248 g/mol. The zero-order valence-corrected chi connectivity index (χ0v) is 13.5. The van der Waals surface area contributed by atoms with E-state index in [1.54, 1.807) is 6.33 Å². The molecule has 1 aromatic rings. The first kappa shape index (κ1) is 15.1. The first-order valence-electron chi connectivity index (χ1n) is 7.88. The third kappa shape index (κ3) is 3.05. The number of hydrogen-bond donors (Lipinski definition) is 1. The standard InChI is InChI=1S/C16H28N4/c1-6-7-17-15-14(11(2)3)16(19-10-18-15)20-8-12(4)13(5)9-20/h10-13H,6-9H2,1-5H3,(H,17,18,19). The molecule has 1 aliphatic heterocycles. The summed E-state index contributed by atoms with van der Waals surface area (Å²) in [6.45, 7) is 14.5. The van der Waals surface area contributed by atoms with Gasteiger partial charge in [0.2, 0.25) is 0 Å². The van der Waals surface area contributed by atoms with E-state index < -0.39 is 0 Å². The monoisotopic (exact) mass is 276 g/mol. The van der Waals surface area contributed by atoms with Crippen molar-refractivity contribution in [1.82, 2.24) is 9.97 Å². The molecule has 4 heteroatoms. The first-order chi connectivity index (χ1) is 9.54. The molecule has 0 radical (unpaired) electrons. The van der Waals surface area contributed by atoms with Crippen LogP contribution in [0.5, 0.6) is 0 Å². The third-order valence-corrected chi connectivity index (χ3v) is 4.27. The molecule has 112 valence electrons. The average molecular weight is 276 g/mol. The summed E-state index contributed by atoms with van der Waals surface area (Å²) >= 11 is 0. The van der Waals surface area contributed by atoms with Gasteiger partial charge in [0, 0.05) is 25.2 Å². The molecule has 2 heterocycles. The van der Waals surface area contributed by atoms with Gasteiger partial charge in [-0.05, 0) is 24.2 Å². The number of aromatic nitrogens is 2. The minimum absolute atomic E-state index is 0.428. The summed E-state index contributed by atoms with van der Waals surface area (Å²) in [7, 11) is 0. The van der Waals surface area contributed by atoms with Crippen molar-refractivity contribution >= 4 is 11.6 Å². The Morgan fingerprint density at radius 1 is 1.25 bits per heavy atom. The van der Waals surface area contributed by atoms with Crippen molar-refractivity contribution in [2.24, 2.45) is 11.8 Å². The zero-order valence-electron chi connectivity index (χ0n) is 13.5. The van der Waals surface area contributed by atoms with Crippen molar-refractivity contribution in [1.29, 1.82) is 0 Å². The summed E-state index contributed by atoms with van der Waals surface area (Å²) in [5, 5.41) is 3.45. The van der Waals surface area contributed by atoms with Gasteiger partial charge in [-0.15, -0.1) is 0 Å². The van der Waals surface area contributed by atoms with Crippen molar-refractivity contribution in [2.75, 3.05) is 29.9 Å². The summed E-state index contributed by atoms with van der Waals surface area (Å²) in [6, 6.07) is 0. The molecule has 1 fully saturated rings. The maximum atomic E-state index is 4.59. The van der Waals surface area contributed by atoms with E-state index >= 15 is 0 Å². The van der Waals surface area contributed by atoms with Gasteiger partial charge in [-0.2, -0.15) is 0 Å². The molecule has 0 aliphatic carbocycles. The van der Waals surface area contributed by atoms with Crippen LogP contribution in [0.15, 0.2) is 6.33 Å². The van der Waals surface area contributed by atoms with Crippen LogP contribution >= 0.6 is 0 Å². The number of anilines is 2. The Morgan fingerprint density at radius 3 is 2.45 bits per heavy atom. The molecule has 0 aromatic carbocycles. The second kappa shape index (κ2) is 6.42. The van der Waals surface area contributed by atoms with E-state index in [4.69, 9.17) is 0 Å². The van der Waals surface area contributed by atoms with Crippen LogP contribution in [0.25, 0.3) is 0 Å². The highest BCUT2D eigenvalue weighted by atomic mass is 15.2. The highest BCUT2D eigenvalue weighted by Gasteiger charge is 2.29. The summed E-state index contributed by atoms with van der Waals surface area (Å²) in [5.74, 6) is 4.04. The second-order valence-corrected chi connectivity index (χ2v) is 6.40. The first-order valence-corrected chi connectivity index (χ1v) is 7.88. The van der Waals surface area contributed by atoms with Gasteiger partial charge < -0.3 is 10.2 Å². The van der Waals surface area contributed by atoms with E-state index in [1.807, 2.05) is 0 Å². The van der Waals surface area contributed by atoms with E-state index in [2.05, 4.69) is 54.8 Å². The Bertz CT molecular complexity index is 434. The molecule has 4 nitrogen and oxygen atoms in total. The molecule has 0 bridgehead atoms. The zero-order chi connectivity index (χ0) is 14.7. The van der Waals surface area contributed by atoms with Crippen LogP contribution in [0.2, 0.25) is 0 Å². The third-order valence-electron chi connectivity index (χ3n) is 4.27. The Balaban J connectivity index is 2.32. The summed E-state index contributed by atoms with van der Waals surface area (Å²) in [6.07, 6.45) is 2.81. The van der Waals surface area contributed by atoms with Crippen molar-refractivity contribution in [3.8, 4) is 0 Å². The predicted octanol–water partition coefficient (Wildman–Crippen LogP) is 3.51. The fraction of sp³-hybridized carbons (Fsp3) is 0.750. The Kier molecular flexibility index (Phi) is 4.84. The lowest BCUT2D eigenvalue weighted by Crippen LogP contribution is -2.24. The average Bonchev–Trinajstić information content (AvgIpc) is 2.75. The van der Waals surface area contributed by atoms with Gasteiger partial charge in [0.1, 0.15) is 18.0 Å². The normalized spacial score (nSPS) is 22.6. The molecule has 1 aliphatic rings.